The molecule has 0 radical (unpaired) electrons. The lowest BCUT2D eigenvalue weighted by Gasteiger charge is -2.08. The molecule has 0 saturated heterocycles. The molecule has 1 rings (SSSR count). The maximum absolute atomic E-state index is 13.8. The van der Waals surface area contributed by atoms with Crippen molar-refractivity contribution in [3.05, 3.63) is 29.3 Å². The summed E-state index contributed by atoms with van der Waals surface area (Å²) < 4.78 is 49.6. The molecular formula is C13H19F2NO2S2. The van der Waals surface area contributed by atoms with E-state index < -0.39 is 21.5 Å². The van der Waals surface area contributed by atoms with E-state index in [1.807, 2.05) is 6.92 Å². The highest BCUT2D eigenvalue weighted by Crippen LogP contribution is 2.26. The Labute approximate surface area is 123 Å². The summed E-state index contributed by atoms with van der Waals surface area (Å²) in [5.74, 6) is -1.25. The second kappa shape index (κ2) is 7.95. The van der Waals surface area contributed by atoms with Crippen molar-refractivity contribution >= 4 is 21.6 Å². The molecule has 0 amide bonds. The summed E-state index contributed by atoms with van der Waals surface area (Å²) >= 11 is 0.888. The highest BCUT2D eigenvalue weighted by Gasteiger charge is 2.13. The maximum Gasteiger partial charge on any atom is 0.148 e. The molecule has 114 valence electrons. The molecule has 1 aromatic carbocycles. The van der Waals surface area contributed by atoms with Crippen LogP contribution in [0.3, 0.4) is 0 Å². The van der Waals surface area contributed by atoms with E-state index in [-0.39, 0.29) is 16.4 Å². The molecule has 0 saturated carbocycles. The number of rotatable bonds is 8. The molecule has 20 heavy (non-hydrogen) atoms. The van der Waals surface area contributed by atoms with E-state index in [4.69, 9.17) is 0 Å². The van der Waals surface area contributed by atoms with Crippen LogP contribution in [0.5, 0.6) is 0 Å². The van der Waals surface area contributed by atoms with Gasteiger partial charge < -0.3 is 5.32 Å². The van der Waals surface area contributed by atoms with Crippen LogP contribution in [0, 0.1) is 11.6 Å². The minimum Gasteiger partial charge on any atom is -0.313 e. The van der Waals surface area contributed by atoms with Gasteiger partial charge in [-0.15, -0.1) is 11.8 Å². The molecular weight excluding hydrogens is 304 g/mol. The van der Waals surface area contributed by atoms with Crippen molar-refractivity contribution in [2.24, 2.45) is 0 Å². The number of halogens is 2. The fourth-order valence-corrected chi connectivity index (χ4v) is 3.70. The number of thioether (sulfide) groups is 1. The molecule has 0 unspecified atom stereocenters. The Morgan fingerprint density at radius 2 is 1.85 bits per heavy atom. The smallest absolute Gasteiger partial charge is 0.148 e. The van der Waals surface area contributed by atoms with Crippen LogP contribution in [-0.4, -0.2) is 32.7 Å². The Kier molecular flexibility index (Phi) is 6.91. The third-order valence-corrected chi connectivity index (χ3v) is 4.81. The molecule has 0 aliphatic carbocycles. The van der Waals surface area contributed by atoms with Gasteiger partial charge in [-0.05, 0) is 30.7 Å². The van der Waals surface area contributed by atoms with E-state index in [1.54, 1.807) is 0 Å². The van der Waals surface area contributed by atoms with E-state index in [0.717, 1.165) is 31.0 Å². The Morgan fingerprint density at radius 3 is 2.35 bits per heavy atom. The zero-order valence-electron chi connectivity index (χ0n) is 11.6. The first-order chi connectivity index (χ1) is 9.33. The van der Waals surface area contributed by atoms with Gasteiger partial charge in [-0.2, -0.15) is 0 Å². The molecule has 1 N–H and O–H groups in total. The third-order valence-electron chi connectivity index (χ3n) is 2.51. The quantitative estimate of drug-likeness (QED) is 0.590. The van der Waals surface area contributed by atoms with Crippen molar-refractivity contribution in [3.8, 4) is 0 Å². The molecule has 0 fully saturated rings. The van der Waals surface area contributed by atoms with Gasteiger partial charge in [0.05, 0.1) is 10.6 Å². The molecule has 0 spiro atoms. The first-order valence-corrected chi connectivity index (χ1v) is 9.37. The molecule has 7 heteroatoms. The van der Waals surface area contributed by atoms with Crippen LogP contribution < -0.4 is 5.32 Å². The van der Waals surface area contributed by atoms with E-state index in [0.29, 0.717) is 12.1 Å². The van der Waals surface area contributed by atoms with Gasteiger partial charge in [-0.1, -0.05) is 6.92 Å². The number of benzene rings is 1. The van der Waals surface area contributed by atoms with E-state index in [1.165, 1.54) is 12.1 Å². The summed E-state index contributed by atoms with van der Waals surface area (Å²) in [6.07, 6.45) is 2.05. The molecule has 0 aliphatic rings. The van der Waals surface area contributed by atoms with Gasteiger partial charge in [0.1, 0.15) is 21.5 Å². The van der Waals surface area contributed by atoms with Gasteiger partial charge >= 0.3 is 0 Å². The minimum absolute atomic E-state index is 0.101. The summed E-state index contributed by atoms with van der Waals surface area (Å²) in [6, 6.07) is 2.57. The molecule has 0 atom stereocenters. The van der Waals surface area contributed by atoms with Crippen LogP contribution in [0.15, 0.2) is 17.0 Å². The van der Waals surface area contributed by atoms with Crippen molar-refractivity contribution in [1.82, 2.24) is 5.32 Å². The number of nitrogens with one attached hydrogen (secondary N) is 1. The lowest BCUT2D eigenvalue weighted by atomic mass is 10.2. The van der Waals surface area contributed by atoms with Crippen molar-refractivity contribution in [3.63, 3.8) is 0 Å². The van der Waals surface area contributed by atoms with Crippen molar-refractivity contribution in [1.29, 1.82) is 0 Å². The summed E-state index contributed by atoms with van der Waals surface area (Å²) in [5.41, 5.74) is 0.543. The third kappa shape index (κ3) is 6.19. The minimum atomic E-state index is -3.12. The number of sulfone groups is 1. The Bertz CT molecular complexity index is 524. The molecule has 0 heterocycles. The van der Waals surface area contributed by atoms with Crippen LogP contribution in [-0.2, 0) is 16.4 Å². The number of hydrogen-bond acceptors (Lipinski definition) is 4. The van der Waals surface area contributed by atoms with Crippen molar-refractivity contribution < 1.29 is 17.2 Å². The molecule has 1 aromatic rings. The van der Waals surface area contributed by atoms with Crippen molar-refractivity contribution in [2.75, 3.05) is 24.3 Å². The lowest BCUT2D eigenvalue weighted by Crippen LogP contribution is -2.14. The van der Waals surface area contributed by atoms with E-state index in [9.17, 15) is 17.2 Å². The first kappa shape index (κ1) is 17.4. The van der Waals surface area contributed by atoms with Gasteiger partial charge in [0.25, 0.3) is 0 Å². The Morgan fingerprint density at radius 1 is 1.25 bits per heavy atom. The number of hydrogen-bond donors (Lipinski definition) is 1. The largest absolute Gasteiger partial charge is 0.313 e. The van der Waals surface area contributed by atoms with Crippen LogP contribution in [0.25, 0.3) is 0 Å². The maximum atomic E-state index is 13.8. The van der Waals surface area contributed by atoms with Crippen LogP contribution in [0.4, 0.5) is 8.78 Å². The molecule has 0 aliphatic heterocycles. The van der Waals surface area contributed by atoms with Gasteiger partial charge in [0, 0.05) is 18.6 Å². The highest BCUT2D eigenvalue weighted by molar-refractivity contribution is 8.00. The molecule has 0 bridgehead atoms. The van der Waals surface area contributed by atoms with Gasteiger partial charge in [0.2, 0.25) is 0 Å². The second-order valence-corrected chi connectivity index (χ2v) is 7.91. The van der Waals surface area contributed by atoms with Crippen LogP contribution in [0.1, 0.15) is 18.9 Å². The van der Waals surface area contributed by atoms with Crippen LogP contribution in [0.2, 0.25) is 0 Å². The normalized spacial score (nSPS) is 11.8. The SMILES string of the molecule is CCCNCc1cc(F)c(SCCS(C)(=O)=O)c(F)c1. The zero-order valence-corrected chi connectivity index (χ0v) is 13.2. The fourth-order valence-electron chi connectivity index (χ4n) is 1.56. The van der Waals surface area contributed by atoms with Gasteiger partial charge in [0.15, 0.2) is 0 Å². The molecule has 0 aromatic heterocycles. The molecule has 3 nitrogen and oxygen atoms in total. The van der Waals surface area contributed by atoms with Crippen molar-refractivity contribution in [2.45, 2.75) is 24.8 Å². The Balaban J connectivity index is 2.68. The predicted molar refractivity (Wildman–Crippen MR) is 78.8 cm³/mol. The predicted octanol–water partition coefficient (Wildman–Crippen LogP) is 2.60. The van der Waals surface area contributed by atoms with Gasteiger partial charge in [-0.3, -0.25) is 0 Å². The van der Waals surface area contributed by atoms with E-state index in [2.05, 4.69) is 5.32 Å². The summed E-state index contributed by atoms with van der Waals surface area (Å²) in [6.45, 7) is 3.21. The topological polar surface area (TPSA) is 46.2 Å². The first-order valence-electron chi connectivity index (χ1n) is 6.32. The lowest BCUT2D eigenvalue weighted by molar-refractivity contribution is 0.534. The fraction of sp³-hybridized carbons (Fsp3) is 0.538. The second-order valence-electron chi connectivity index (χ2n) is 4.54. The summed E-state index contributed by atoms with van der Waals surface area (Å²) in [5, 5.41) is 3.07. The highest BCUT2D eigenvalue weighted by atomic mass is 32.2. The average molecular weight is 323 g/mol. The van der Waals surface area contributed by atoms with Crippen LogP contribution >= 0.6 is 11.8 Å². The summed E-state index contributed by atoms with van der Waals surface area (Å²) in [4.78, 5) is -0.118. The monoisotopic (exact) mass is 323 g/mol. The standard InChI is InChI=1S/C13H19F2NO2S2/c1-3-4-16-9-10-7-11(14)13(12(15)8-10)19-5-6-20(2,17)18/h7-8,16H,3-6,9H2,1-2H3. The average Bonchev–Trinajstić information content (AvgIpc) is 2.32. The van der Waals surface area contributed by atoms with E-state index >= 15 is 0 Å². The zero-order chi connectivity index (χ0) is 15.2. The summed E-state index contributed by atoms with van der Waals surface area (Å²) in [7, 11) is -3.12. The van der Waals surface area contributed by atoms with Gasteiger partial charge in [-0.25, -0.2) is 17.2 Å². The Hall–Kier alpha value is -0.660.